The van der Waals surface area contributed by atoms with Crippen molar-refractivity contribution >= 4 is 11.0 Å². The number of aliphatic hydroxyl groups is 1. The van der Waals surface area contributed by atoms with Crippen LogP contribution in [0.4, 0.5) is 0 Å². The first-order valence-electron chi connectivity index (χ1n) is 7.71. The molecule has 2 N–H and O–H groups in total. The first-order valence-corrected chi connectivity index (χ1v) is 7.71. The third-order valence-electron chi connectivity index (χ3n) is 5.13. The fourth-order valence-electron chi connectivity index (χ4n) is 4.08. The minimum atomic E-state index is -0.501. The predicted octanol–water partition coefficient (Wildman–Crippen LogP) is 3.24. The second-order valence-corrected chi connectivity index (χ2v) is 6.31. The van der Waals surface area contributed by atoms with Gasteiger partial charge >= 0.3 is 0 Å². The van der Waals surface area contributed by atoms with Gasteiger partial charge in [0.2, 0.25) is 0 Å². The molecular weight excluding hydrogens is 250 g/mol. The van der Waals surface area contributed by atoms with Crippen LogP contribution in [0.25, 0.3) is 11.0 Å². The Balaban J connectivity index is 1.51. The maximum atomic E-state index is 10.5. The molecule has 4 unspecified atom stereocenters. The molecule has 1 saturated heterocycles. The van der Waals surface area contributed by atoms with Crippen molar-refractivity contribution < 1.29 is 9.52 Å². The van der Waals surface area contributed by atoms with Gasteiger partial charge in [0, 0.05) is 11.4 Å². The van der Waals surface area contributed by atoms with E-state index in [1.54, 1.807) is 0 Å². The van der Waals surface area contributed by atoms with Crippen molar-refractivity contribution in [2.75, 3.05) is 6.54 Å². The van der Waals surface area contributed by atoms with Crippen molar-refractivity contribution in [3.8, 4) is 0 Å². The van der Waals surface area contributed by atoms with Gasteiger partial charge < -0.3 is 14.8 Å². The van der Waals surface area contributed by atoms with E-state index >= 15 is 0 Å². The summed E-state index contributed by atoms with van der Waals surface area (Å²) in [6.45, 7) is 1.13. The molecule has 2 aromatic rings. The minimum Gasteiger partial charge on any atom is -0.458 e. The summed E-state index contributed by atoms with van der Waals surface area (Å²) in [5, 5.41) is 15.1. The molecule has 0 spiro atoms. The summed E-state index contributed by atoms with van der Waals surface area (Å²) in [7, 11) is 0. The van der Waals surface area contributed by atoms with Gasteiger partial charge in [-0.2, -0.15) is 0 Å². The van der Waals surface area contributed by atoms with E-state index in [9.17, 15) is 5.11 Å². The van der Waals surface area contributed by atoms with Gasteiger partial charge in [0.1, 0.15) is 17.4 Å². The van der Waals surface area contributed by atoms with Crippen LogP contribution in [-0.2, 0) is 0 Å². The number of para-hydroxylation sites is 1. The van der Waals surface area contributed by atoms with E-state index in [1.807, 2.05) is 30.3 Å². The van der Waals surface area contributed by atoms with E-state index in [0.717, 1.165) is 35.8 Å². The Hall–Kier alpha value is -1.32. The second-order valence-electron chi connectivity index (χ2n) is 6.31. The van der Waals surface area contributed by atoms with Crippen molar-refractivity contribution in [3.05, 3.63) is 36.1 Å². The van der Waals surface area contributed by atoms with Crippen molar-refractivity contribution in [1.82, 2.24) is 5.32 Å². The Morgan fingerprint density at radius 1 is 1.30 bits per heavy atom. The topological polar surface area (TPSA) is 45.4 Å². The van der Waals surface area contributed by atoms with Crippen LogP contribution in [0.15, 0.2) is 34.7 Å². The molecule has 2 heterocycles. The molecule has 0 amide bonds. The van der Waals surface area contributed by atoms with E-state index in [2.05, 4.69) is 5.32 Å². The standard InChI is InChI=1S/C17H21NO2/c19-15(9-14-13-6-3-5-12(13)10-18-14)17-8-11-4-1-2-7-16(11)20-17/h1-2,4,7-8,12-15,18-19H,3,5-6,9-10H2. The van der Waals surface area contributed by atoms with Gasteiger partial charge in [0.05, 0.1) is 0 Å². The number of aliphatic hydroxyl groups excluding tert-OH is 1. The number of fused-ring (bicyclic) bond motifs is 2. The highest BCUT2D eigenvalue weighted by molar-refractivity contribution is 5.77. The number of hydrogen-bond acceptors (Lipinski definition) is 3. The Bertz CT molecular complexity index is 573. The quantitative estimate of drug-likeness (QED) is 0.900. The SMILES string of the molecule is OC(CC1NCC2CCCC21)c1cc2ccccc2o1. The van der Waals surface area contributed by atoms with Crippen molar-refractivity contribution in [3.63, 3.8) is 0 Å². The summed E-state index contributed by atoms with van der Waals surface area (Å²) in [6.07, 6.45) is 4.29. The second kappa shape index (κ2) is 4.90. The monoisotopic (exact) mass is 271 g/mol. The lowest BCUT2D eigenvalue weighted by Crippen LogP contribution is -2.28. The van der Waals surface area contributed by atoms with Crippen LogP contribution in [0.5, 0.6) is 0 Å². The molecule has 3 heteroatoms. The molecule has 1 aromatic heterocycles. The van der Waals surface area contributed by atoms with Gasteiger partial charge in [-0.15, -0.1) is 0 Å². The Kier molecular flexibility index (Phi) is 3.04. The average molecular weight is 271 g/mol. The number of rotatable bonds is 3. The van der Waals surface area contributed by atoms with Crippen LogP contribution in [0.3, 0.4) is 0 Å². The van der Waals surface area contributed by atoms with Gasteiger partial charge in [-0.05, 0) is 49.8 Å². The molecule has 2 aliphatic rings. The van der Waals surface area contributed by atoms with Gasteiger partial charge in [0.15, 0.2) is 0 Å². The van der Waals surface area contributed by atoms with Gasteiger partial charge in [-0.1, -0.05) is 24.6 Å². The lowest BCUT2D eigenvalue weighted by atomic mass is 9.90. The summed E-state index contributed by atoms with van der Waals surface area (Å²) >= 11 is 0. The molecule has 4 atom stereocenters. The van der Waals surface area contributed by atoms with Crippen LogP contribution in [-0.4, -0.2) is 17.7 Å². The molecular formula is C17H21NO2. The lowest BCUT2D eigenvalue weighted by Gasteiger charge is -2.20. The number of furan rings is 1. The number of hydrogen-bond donors (Lipinski definition) is 2. The Morgan fingerprint density at radius 2 is 2.20 bits per heavy atom. The van der Waals surface area contributed by atoms with Crippen LogP contribution in [0.2, 0.25) is 0 Å². The molecule has 1 aromatic carbocycles. The van der Waals surface area contributed by atoms with Gasteiger partial charge in [0.25, 0.3) is 0 Å². The van der Waals surface area contributed by atoms with E-state index in [1.165, 1.54) is 19.3 Å². The van der Waals surface area contributed by atoms with Gasteiger partial charge in [-0.25, -0.2) is 0 Å². The molecule has 2 fully saturated rings. The Morgan fingerprint density at radius 3 is 3.10 bits per heavy atom. The highest BCUT2D eigenvalue weighted by atomic mass is 16.4. The summed E-state index contributed by atoms with van der Waals surface area (Å²) in [4.78, 5) is 0. The molecule has 3 nitrogen and oxygen atoms in total. The summed E-state index contributed by atoms with van der Waals surface area (Å²) in [5.41, 5.74) is 0.861. The maximum absolute atomic E-state index is 10.5. The minimum absolute atomic E-state index is 0.450. The highest BCUT2D eigenvalue weighted by Gasteiger charge is 2.39. The van der Waals surface area contributed by atoms with Crippen molar-refractivity contribution in [1.29, 1.82) is 0 Å². The van der Waals surface area contributed by atoms with E-state index in [-0.39, 0.29) is 0 Å². The third-order valence-corrected chi connectivity index (χ3v) is 5.13. The fourth-order valence-corrected chi connectivity index (χ4v) is 4.08. The molecule has 1 aliphatic carbocycles. The molecule has 0 bridgehead atoms. The fraction of sp³-hybridized carbons (Fsp3) is 0.529. The maximum Gasteiger partial charge on any atom is 0.134 e. The molecule has 0 radical (unpaired) electrons. The number of benzene rings is 1. The van der Waals surface area contributed by atoms with Crippen molar-refractivity contribution in [2.24, 2.45) is 11.8 Å². The smallest absolute Gasteiger partial charge is 0.134 e. The van der Waals surface area contributed by atoms with E-state index in [4.69, 9.17) is 4.42 Å². The zero-order chi connectivity index (χ0) is 13.5. The zero-order valence-corrected chi connectivity index (χ0v) is 11.6. The molecule has 20 heavy (non-hydrogen) atoms. The molecule has 1 saturated carbocycles. The van der Waals surface area contributed by atoms with E-state index in [0.29, 0.717) is 11.8 Å². The number of nitrogens with one attached hydrogen (secondary N) is 1. The molecule has 106 valence electrons. The first-order chi connectivity index (χ1) is 9.81. The van der Waals surface area contributed by atoms with Crippen LogP contribution in [0.1, 0.15) is 37.5 Å². The van der Waals surface area contributed by atoms with Crippen LogP contribution >= 0.6 is 0 Å². The summed E-state index contributed by atoms with van der Waals surface area (Å²) in [6, 6.07) is 10.4. The average Bonchev–Trinajstić information content (AvgIpc) is 3.13. The first kappa shape index (κ1) is 12.4. The third kappa shape index (κ3) is 2.05. The Labute approximate surface area is 119 Å². The molecule has 4 rings (SSSR count). The molecule has 1 aliphatic heterocycles. The van der Waals surface area contributed by atoms with Crippen molar-refractivity contribution in [2.45, 2.75) is 37.8 Å². The highest BCUT2D eigenvalue weighted by Crippen LogP contribution is 2.40. The lowest BCUT2D eigenvalue weighted by molar-refractivity contribution is 0.123. The van der Waals surface area contributed by atoms with Crippen LogP contribution < -0.4 is 5.32 Å². The summed E-state index contributed by atoms with van der Waals surface area (Å²) in [5.74, 6) is 2.30. The zero-order valence-electron chi connectivity index (χ0n) is 11.6. The van der Waals surface area contributed by atoms with Crippen LogP contribution in [0, 0.1) is 11.8 Å². The largest absolute Gasteiger partial charge is 0.458 e. The summed E-state index contributed by atoms with van der Waals surface area (Å²) < 4.78 is 5.77. The van der Waals surface area contributed by atoms with Gasteiger partial charge in [-0.3, -0.25) is 0 Å². The predicted molar refractivity (Wildman–Crippen MR) is 78.4 cm³/mol. The van der Waals surface area contributed by atoms with E-state index < -0.39 is 6.10 Å². The normalized spacial score (nSPS) is 30.8.